The second-order valence-corrected chi connectivity index (χ2v) is 5.37. The molecule has 2 atom stereocenters. The highest BCUT2D eigenvalue weighted by molar-refractivity contribution is 7.84. The van der Waals surface area contributed by atoms with Crippen LogP contribution in [0.1, 0.15) is 18.9 Å². The lowest BCUT2D eigenvalue weighted by molar-refractivity contribution is 0.575. The van der Waals surface area contributed by atoms with E-state index in [1.807, 2.05) is 6.92 Å². The summed E-state index contributed by atoms with van der Waals surface area (Å²) in [5.74, 6) is -0.718. The normalized spacial score (nSPS) is 14.8. The second-order valence-electron chi connectivity index (χ2n) is 3.79. The van der Waals surface area contributed by atoms with Crippen LogP contribution < -0.4 is 5.73 Å². The molecule has 1 rings (SSSR count). The van der Waals surface area contributed by atoms with E-state index in [1.54, 1.807) is 0 Å². The molecule has 2 nitrogen and oxygen atoms in total. The molecule has 0 aliphatic carbocycles. The summed E-state index contributed by atoms with van der Waals surface area (Å²) in [6.07, 6.45) is 0.634. The first-order valence-electron chi connectivity index (χ1n) is 5.03. The molecule has 0 saturated carbocycles. The molecule has 1 aromatic rings. The van der Waals surface area contributed by atoms with Crippen molar-refractivity contribution in [3.05, 3.63) is 35.4 Å². The zero-order chi connectivity index (χ0) is 12.1. The molecule has 5 heteroatoms. The maximum absolute atomic E-state index is 13.2. The Kier molecular flexibility index (Phi) is 5.02. The quantitative estimate of drug-likeness (QED) is 0.864. The van der Waals surface area contributed by atoms with Crippen LogP contribution in [0.4, 0.5) is 8.78 Å². The van der Waals surface area contributed by atoms with Crippen molar-refractivity contribution in [2.75, 3.05) is 5.75 Å². The summed E-state index contributed by atoms with van der Waals surface area (Å²) in [6.45, 7) is 1.83. The number of hydrogen-bond acceptors (Lipinski definition) is 2. The predicted molar refractivity (Wildman–Crippen MR) is 61.3 cm³/mol. The minimum atomic E-state index is -1.15. The van der Waals surface area contributed by atoms with Gasteiger partial charge >= 0.3 is 0 Å². The van der Waals surface area contributed by atoms with Crippen molar-refractivity contribution < 1.29 is 13.0 Å². The Morgan fingerprint density at radius 3 is 2.69 bits per heavy atom. The Bertz CT molecular complexity index is 382. The molecule has 0 aromatic heterocycles. The van der Waals surface area contributed by atoms with Gasteiger partial charge in [-0.05, 0) is 19.4 Å². The van der Waals surface area contributed by atoms with E-state index in [-0.39, 0.29) is 17.4 Å². The molecule has 16 heavy (non-hydrogen) atoms. The maximum Gasteiger partial charge on any atom is 0.130 e. The number of halogens is 2. The van der Waals surface area contributed by atoms with E-state index in [9.17, 15) is 13.0 Å². The average molecular weight is 247 g/mol. The van der Waals surface area contributed by atoms with E-state index in [0.29, 0.717) is 12.2 Å². The molecule has 0 bridgehead atoms. The molecule has 2 unspecified atom stereocenters. The van der Waals surface area contributed by atoms with Crippen molar-refractivity contribution in [3.63, 3.8) is 0 Å². The van der Waals surface area contributed by atoms with Crippen molar-refractivity contribution >= 4 is 10.8 Å². The molecule has 1 aromatic carbocycles. The third kappa shape index (κ3) is 4.37. The van der Waals surface area contributed by atoms with Gasteiger partial charge in [-0.25, -0.2) is 8.78 Å². The topological polar surface area (TPSA) is 43.1 Å². The summed E-state index contributed by atoms with van der Waals surface area (Å²) in [6, 6.07) is 3.29. The standard InChI is InChI=1S/C11H15F2NOS/c1-8(14)4-5-16(15)7-9-2-3-10(12)6-11(9)13/h2-3,6,8H,4-5,7,14H2,1H3. The molecule has 0 aliphatic heterocycles. The number of rotatable bonds is 5. The number of nitrogens with two attached hydrogens (primary N) is 1. The largest absolute Gasteiger partial charge is 0.328 e. The minimum absolute atomic E-state index is 0.0120. The lowest BCUT2D eigenvalue weighted by Gasteiger charge is -2.06. The summed E-state index contributed by atoms with van der Waals surface area (Å²) in [5.41, 5.74) is 5.81. The van der Waals surface area contributed by atoms with Gasteiger partial charge in [-0.2, -0.15) is 0 Å². The Morgan fingerprint density at radius 2 is 2.12 bits per heavy atom. The van der Waals surface area contributed by atoms with Gasteiger partial charge in [0.1, 0.15) is 11.6 Å². The van der Waals surface area contributed by atoms with Crippen LogP contribution in [-0.2, 0) is 16.6 Å². The van der Waals surface area contributed by atoms with Gasteiger partial charge in [0.15, 0.2) is 0 Å². The van der Waals surface area contributed by atoms with Crippen LogP contribution in [0, 0.1) is 11.6 Å². The fourth-order valence-electron chi connectivity index (χ4n) is 1.20. The van der Waals surface area contributed by atoms with E-state index in [4.69, 9.17) is 5.73 Å². The number of benzene rings is 1. The van der Waals surface area contributed by atoms with E-state index in [0.717, 1.165) is 6.07 Å². The Morgan fingerprint density at radius 1 is 1.44 bits per heavy atom. The zero-order valence-corrected chi connectivity index (χ0v) is 9.90. The SMILES string of the molecule is CC(N)CCS(=O)Cc1ccc(F)cc1F. The Balaban J connectivity index is 2.56. The molecule has 90 valence electrons. The second kappa shape index (κ2) is 6.06. The van der Waals surface area contributed by atoms with Crippen molar-refractivity contribution in [1.29, 1.82) is 0 Å². The Hall–Kier alpha value is -0.810. The summed E-state index contributed by atoms with van der Waals surface area (Å²) < 4.78 is 37.4. The molecule has 0 amide bonds. The van der Waals surface area contributed by atoms with E-state index in [2.05, 4.69) is 0 Å². The van der Waals surface area contributed by atoms with Gasteiger partial charge in [0.2, 0.25) is 0 Å². The van der Waals surface area contributed by atoms with Gasteiger partial charge in [-0.3, -0.25) is 4.21 Å². The molecule has 0 radical (unpaired) electrons. The van der Waals surface area contributed by atoms with Crippen molar-refractivity contribution in [2.45, 2.75) is 25.1 Å². The van der Waals surface area contributed by atoms with E-state index >= 15 is 0 Å². The maximum atomic E-state index is 13.2. The molecular weight excluding hydrogens is 232 g/mol. The van der Waals surface area contributed by atoms with Crippen LogP contribution >= 0.6 is 0 Å². The fourth-order valence-corrected chi connectivity index (χ4v) is 2.56. The lowest BCUT2D eigenvalue weighted by atomic mass is 10.2. The van der Waals surface area contributed by atoms with Gasteiger partial charge in [-0.1, -0.05) is 6.07 Å². The van der Waals surface area contributed by atoms with Crippen LogP contribution in [-0.4, -0.2) is 16.0 Å². The van der Waals surface area contributed by atoms with E-state index < -0.39 is 22.4 Å². The fraction of sp³-hybridized carbons (Fsp3) is 0.455. The van der Waals surface area contributed by atoms with Gasteiger partial charge in [0.25, 0.3) is 0 Å². The third-order valence-electron chi connectivity index (χ3n) is 2.13. The van der Waals surface area contributed by atoms with Crippen LogP contribution in [0.25, 0.3) is 0 Å². The first-order valence-corrected chi connectivity index (χ1v) is 6.52. The Labute approximate surface area is 96.3 Å². The van der Waals surface area contributed by atoms with Crippen LogP contribution in [0.2, 0.25) is 0 Å². The summed E-state index contributed by atoms with van der Waals surface area (Å²) in [7, 11) is -1.15. The highest BCUT2D eigenvalue weighted by atomic mass is 32.2. The summed E-state index contributed by atoms with van der Waals surface area (Å²) >= 11 is 0. The van der Waals surface area contributed by atoms with Crippen molar-refractivity contribution in [3.8, 4) is 0 Å². The lowest BCUT2D eigenvalue weighted by Crippen LogP contribution is -2.18. The highest BCUT2D eigenvalue weighted by Crippen LogP contribution is 2.12. The first-order chi connectivity index (χ1) is 7.49. The van der Waals surface area contributed by atoms with Crippen molar-refractivity contribution in [2.24, 2.45) is 5.73 Å². The summed E-state index contributed by atoms with van der Waals surface area (Å²) in [4.78, 5) is 0. The van der Waals surface area contributed by atoms with Crippen LogP contribution in [0.15, 0.2) is 18.2 Å². The number of hydrogen-bond donors (Lipinski definition) is 1. The van der Waals surface area contributed by atoms with Gasteiger partial charge in [-0.15, -0.1) is 0 Å². The predicted octanol–water partition coefficient (Wildman–Crippen LogP) is 1.95. The molecule has 0 heterocycles. The molecule has 0 fully saturated rings. The average Bonchev–Trinajstić information content (AvgIpc) is 2.19. The molecule has 0 spiro atoms. The molecule has 2 N–H and O–H groups in total. The third-order valence-corrected chi connectivity index (χ3v) is 3.46. The van der Waals surface area contributed by atoms with Crippen LogP contribution in [0.5, 0.6) is 0 Å². The van der Waals surface area contributed by atoms with Gasteiger partial charge in [0.05, 0.1) is 5.75 Å². The molecular formula is C11H15F2NOS. The van der Waals surface area contributed by atoms with Gasteiger partial charge in [0, 0.05) is 34.2 Å². The monoisotopic (exact) mass is 247 g/mol. The highest BCUT2D eigenvalue weighted by Gasteiger charge is 2.08. The molecule has 0 saturated heterocycles. The smallest absolute Gasteiger partial charge is 0.130 e. The zero-order valence-electron chi connectivity index (χ0n) is 9.08. The molecule has 0 aliphatic rings. The minimum Gasteiger partial charge on any atom is -0.328 e. The summed E-state index contributed by atoms with van der Waals surface area (Å²) in [5, 5.41) is 0. The van der Waals surface area contributed by atoms with E-state index in [1.165, 1.54) is 12.1 Å². The van der Waals surface area contributed by atoms with Crippen molar-refractivity contribution in [1.82, 2.24) is 0 Å². The van der Waals surface area contributed by atoms with Gasteiger partial charge < -0.3 is 5.73 Å². The first kappa shape index (κ1) is 13.3. The van der Waals surface area contributed by atoms with Crippen LogP contribution in [0.3, 0.4) is 0 Å².